The van der Waals surface area contributed by atoms with Crippen LogP contribution in [0.5, 0.6) is 5.88 Å². The quantitative estimate of drug-likeness (QED) is 0.909. The Kier molecular flexibility index (Phi) is 4.30. The van der Waals surface area contributed by atoms with Crippen molar-refractivity contribution in [2.24, 2.45) is 0 Å². The Morgan fingerprint density at radius 3 is 2.84 bits per heavy atom. The van der Waals surface area contributed by atoms with Crippen molar-refractivity contribution in [3.63, 3.8) is 0 Å². The van der Waals surface area contributed by atoms with Gasteiger partial charge in [0, 0.05) is 24.4 Å². The van der Waals surface area contributed by atoms with E-state index in [2.05, 4.69) is 9.97 Å². The molecule has 5 nitrogen and oxygen atoms in total. The number of ether oxygens (including phenoxy) is 1. The van der Waals surface area contributed by atoms with E-state index < -0.39 is 5.97 Å². The molecule has 0 saturated carbocycles. The number of nitrogens with zero attached hydrogens (tertiary/aromatic N) is 2. The number of halogens is 1. The normalized spacial score (nSPS) is 10.2. The van der Waals surface area contributed by atoms with Crippen LogP contribution in [0.2, 0.25) is 5.02 Å². The molecule has 2 rings (SSSR count). The molecule has 19 heavy (non-hydrogen) atoms. The predicted molar refractivity (Wildman–Crippen MR) is 69.6 cm³/mol. The number of pyridine rings is 2. The van der Waals surface area contributed by atoms with Crippen LogP contribution in [-0.4, -0.2) is 27.7 Å². The van der Waals surface area contributed by atoms with Crippen LogP contribution < -0.4 is 4.74 Å². The molecule has 2 heterocycles. The molecule has 0 aliphatic carbocycles. The predicted octanol–water partition coefficient (Wildman–Crippen LogP) is 2.45. The molecule has 98 valence electrons. The summed E-state index contributed by atoms with van der Waals surface area (Å²) in [6.45, 7) is 0.366. The summed E-state index contributed by atoms with van der Waals surface area (Å²) in [5.41, 5.74) is 0.687. The number of aromatic carboxylic acids is 1. The van der Waals surface area contributed by atoms with Crippen LogP contribution in [0.4, 0.5) is 0 Å². The van der Waals surface area contributed by atoms with Gasteiger partial charge in [-0.25, -0.2) is 9.78 Å². The average Bonchev–Trinajstić information content (AvgIpc) is 2.41. The van der Waals surface area contributed by atoms with Crippen molar-refractivity contribution < 1.29 is 14.6 Å². The lowest BCUT2D eigenvalue weighted by Gasteiger charge is -2.06. The molecule has 0 bridgehead atoms. The average molecular weight is 279 g/mol. The van der Waals surface area contributed by atoms with Gasteiger partial charge in [-0.3, -0.25) is 4.98 Å². The highest BCUT2D eigenvalue weighted by molar-refractivity contribution is 6.33. The third-order valence-corrected chi connectivity index (χ3v) is 2.66. The number of carboxylic acid groups (broad SMARTS) is 1. The van der Waals surface area contributed by atoms with Crippen molar-refractivity contribution in [2.75, 3.05) is 6.61 Å². The van der Waals surface area contributed by atoms with Crippen molar-refractivity contribution in [1.82, 2.24) is 9.97 Å². The molecule has 0 aliphatic rings. The number of carbonyl (C=O) groups is 1. The molecule has 0 aliphatic heterocycles. The van der Waals surface area contributed by atoms with Gasteiger partial charge >= 0.3 is 5.97 Å². The second-order valence-corrected chi connectivity index (χ2v) is 4.11. The molecule has 0 atom stereocenters. The second-order valence-electron chi connectivity index (χ2n) is 3.70. The number of rotatable bonds is 5. The molecule has 0 amide bonds. The first-order valence-electron chi connectivity index (χ1n) is 5.59. The molecule has 0 saturated heterocycles. The Labute approximate surface area is 114 Å². The first kappa shape index (κ1) is 13.3. The van der Waals surface area contributed by atoms with E-state index in [0.717, 1.165) is 5.69 Å². The van der Waals surface area contributed by atoms with E-state index >= 15 is 0 Å². The molecule has 0 radical (unpaired) electrons. The van der Waals surface area contributed by atoms with E-state index in [9.17, 15) is 4.79 Å². The molecule has 0 spiro atoms. The Hall–Kier alpha value is -2.14. The van der Waals surface area contributed by atoms with E-state index in [1.165, 1.54) is 12.1 Å². The SMILES string of the molecule is O=C(O)c1nc(OCCc2ccccn2)ccc1Cl. The maximum absolute atomic E-state index is 10.9. The standard InChI is InChI=1S/C13H11ClN2O3/c14-10-4-5-11(16-12(10)13(17)18)19-8-6-9-3-1-2-7-15-9/h1-5,7H,6,8H2,(H,17,18). The molecule has 2 aromatic heterocycles. The smallest absolute Gasteiger partial charge is 0.356 e. The minimum absolute atomic E-state index is 0.0876. The largest absolute Gasteiger partial charge is 0.477 e. The first-order valence-corrected chi connectivity index (χ1v) is 5.97. The number of hydrogen-bond donors (Lipinski definition) is 1. The Morgan fingerprint density at radius 2 is 2.16 bits per heavy atom. The Morgan fingerprint density at radius 1 is 1.32 bits per heavy atom. The summed E-state index contributed by atoms with van der Waals surface area (Å²) < 4.78 is 5.38. The van der Waals surface area contributed by atoms with Crippen LogP contribution >= 0.6 is 11.6 Å². The van der Waals surface area contributed by atoms with Crippen molar-refractivity contribution in [2.45, 2.75) is 6.42 Å². The van der Waals surface area contributed by atoms with Gasteiger partial charge in [-0.1, -0.05) is 17.7 Å². The summed E-state index contributed by atoms with van der Waals surface area (Å²) in [5, 5.41) is 8.97. The van der Waals surface area contributed by atoms with Crippen LogP contribution in [-0.2, 0) is 6.42 Å². The van der Waals surface area contributed by atoms with Crippen LogP contribution in [0.1, 0.15) is 16.2 Å². The summed E-state index contributed by atoms with van der Waals surface area (Å²) in [6, 6.07) is 8.61. The van der Waals surface area contributed by atoms with Gasteiger partial charge in [-0.15, -0.1) is 0 Å². The molecule has 6 heteroatoms. The van der Waals surface area contributed by atoms with Crippen molar-refractivity contribution >= 4 is 17.6 Å². The van der Waals surface area contributed by atoms with Crippen LogP contribution in [0.3, 0.4) is 0 Å². The van der Waals surface area contributed by atoms with Gasteiger partial charge in [0.15, 0.2) is 5.69 Å². The maximum Gasteiger partial charge on any atom is 0.356 e. The molecule has 0 fully saturated rings. The molecular weight excluding hydrogens is 268 g/mol. The zero-order valence-electron chi connectivity index (χ0n) is 9.91. The Balaban J connectivity index is 1.97. The van der Waals surface area contributed by atoms with Gasteiger partial charge in [0.2, 0.25) is 5.88 Å². The van der Waals surface area contributed by atoms with Crippen molar-refractivity contribution in [3.05, 3.63) is 52.9 Å². The Bertz CT molecular complexity index is 575. The fourth-order valence-electron chi connectivity index (χ4n) is 1.46. The number of hydrogen-bond acceptors (Lipinski definition) is 4. The van der Waals surface area contributed by atoms with Gasteiger partial charge in [-0.05, 0) is 18.2 Å². The lowest BCUT2D eigenvalue weighted by atomic mass is 10.3. The zero-order valence-corrected chi connectivity index (χ0v) is 10.7. The van der Waals surface area contributed by atoms with E-state index in [1.807, 2.05) is 18.2 Å². The second kappa shape index (κ2) is 6.15. The molecular formula is C13H11ClN2O3. The molecule has 2 aromatic rings. The third-order valence-electron chi connectivity index (χ3n) is 2.36. The van der Waals surface area contributed by atoms with Crippen molar-refractivity contribution in [1.29, 1.82) is 0 Å². The van der Waals surface area contributed by atoms with Crippen LogP contribution in [0.25, 0.3) is 0 Å². The van der Waals surface area contributed by atoms with E-state index in [-0.39, 0.29) is 16.6 Å². The third kappa shape index (κ3) is 3.66. The summed E-state index contributed by atoms with van der Waals surface area (Å²) in [6.07, 6.45) is 2.33. The number of carboxylic acids is 1. The molecule has 1 N–H and O–H groups in total. The summed E-state index contributed by atoms with van der Waals surface area (Å²) in [4.78, 5) is 18.8. The topological polar surface area (TPSA) is 72.3 Å². The van der Waals surface area contributed by atoms with Gasteiger partial charge < -0.3 is 9.84 Å². The lowest BCUT2D eigenvalue weighted by molar-refractivity contribution is 0.0689. The van der Waals surface area contributed by atoms with Gasteiger partial charge in [-0.2, -0.15) is 0 Å². The van der Waals surface area contributed by atoms with E-state index in [4.69, 9.17) is 21.4 Å². The van der Waals surface area contributed by atoms with Crippen LogP contribution in [0, 0.1) is 0 Å². The summed E-state index contributed by atoms with van der Waals surface area (Å²) >= 11 is 5.71. The van der Waals surface area contributed by atoms with Crippen LogP contribution in [0.15, 0.2) is 36.5 Å². The van der Waals surface area contributed by atoms with Gasteiger partial charge in [0.05, 0.1) is 11.6 Å². The van der Waals surface area contributed by atoms with E-state index in [1.54, 1.807) is 6.20 Å². The minimum Gasteiger partial charge on any atom is -0.477 e. The monoisotopic (exact) mass is 278 g/mol. The maximum atomic E-state index is 10.9. The minimum atomic E-state index is -1.18. The summed E-state index contributed by atoms with van der Waals surface area (Å²) in [7, 11) is 0. The zero-order chi connectivity index (χ0) is 13.7. The highest BCUT2D eigenvalue weighted by Crippen LogP contribution is 2.18. The van der Waals surface area contributed by atoms with E-state index in [0.29, 0.717) is 13.0 Å². The van der Waals surface area contributed by atoms with Crippen molar-refractivity contribution in [3.8, 4) is 5.88 Å². The molecule has 0 unspecified atom stereocenters. The fourth-order valence-corrected chi connectivity index (χ4v) is 1.65. The fraction of sp³-hybridized carbons (Fsp3) is 0.154. The first-order chi connectivity index (χ1) is 9.16. The van der Waals surface area contributed by atoms with Gasteiger partial charge in [0.25, 0.3) is 0 Å². The summed E-state index contributed by atoms with van der Waals surface area (Å²) in [5.74, 6) is -0.946. The lowest BCUT2D eigenvalue weighted by Crippen LogP contribution is -2.07. The number of aromatic nitrogens is 2. The molecule has 0 aromatic carbocycles. The highest BCUT2D eigenvalue weighted by Gasteiger charge is 2.11. The highest BCUT2D eigenvalue weighted by atomic mass is 35.5. The van der Waals surface area contributed by atoms with Gasteiger partial charge in [0.1, 0.15) is 0 Å².